The molecule has 0 saturated carbocycles. The molecule has 0 spiro atoms. The summed E-state index contributed by atoms with van der Waals surface area (Å²) in [4.78, 5) is 4.32. The van der Waals surface area contributed by atoms with Crippen LogP contribution in [-0.4, -0.2) is 19.5 Å². The zero-order valence-electron chi connectivity index (χ0n) is 8.45. The number of nitrogens with one attached hydrogen (secondary N) is 1. The van der Waals surface area contributed by atoms with Gasteiger partial charge in [0, 0.05) is 5.56 Å². The van der Waals surface area contributed by atoms with Gasteiger partial charge in [-0.25, -0.2) is 0 Å². The number of nitrogens with zero attached hydrogens (tertiary/aromatic N) is 1. The smallest absolute Gasteiger partial charge is 0.124 e. The number of amidine groups is 1. The number of hydrogen-bond acceptors (Lipinski definition) is 3. The first-order valence-electron chi connectivity index (χ1n) is 4.72. The summed E-state index contributed by atoms with van der Waals surface area (Å²) in [5.41, 5.74) is 1.18. The van der Waals surface area contributed by atoms with Gasteiger partial charge >= 0.3 is 0 Å². The van der Waals surface area contributed by atoms with E-state index in [-0.39, 0.29) is 6.04 Å². The topological polar surface area (TPSA) is 33.6 Å². The molecule has 0 saturated heterocycles. The van der Waals surface area contributed by atoms with Crippen LogP contribution < -0.4 is 10.1 Å². The summed E-state index contributed by atoms with van der Waals surface area (Å²) in [6.45, 7) is 2.78. The second-order valence-electron chi connectivity index (χ2n) is 3.36. The van der Waals surface area contributed by atoms with Gasteiger partial charge in [0.25, 0.3) is 0 Å². The molecular weight excluding hydrogens is 176 g/mol. The van der Waals surface area contributed by atoms with Crippen molar-refractivity contribution in [1.29, 1.82) is 0 Å². The normalized spacial score (nSPS) is 20.1. The lowest BCUT2D eigenvalue weighted by molar-refractivity contribution is 0.405. The van der Waals surface area contributed by atoms with Crippen LogP contribution in [0.2, 0.25) is 0 Å². The van der Waals surface area contributed by atoms with E-state index in [0.717, 1.165) is 18.1 Å². The minimum Gasteiger partial charge on any atom is -0.496 e. The van der Waals surface area contributed by atoms with E-state index in [0.29, 0.717) is 0 Å². The largest absolute Gasteiger partial charge is 0.496 e. The van der Waals surface area contributed by atoms with Crippen molar-refractivity contribution in [3.05, 3.63) is 29.8 Å². The van der Waals surface area contributed by atoms with E-state index in [4.69, 9.17) is 4.74 Å². The second kappa shape index (κ2) is 3.70. The third-order valence-corrected chi connectivity index (χ3v) is 2.41. The molecule has 3 nitrogen and oxygen atoms in total. The molecule has 0 aromatic heterocycles. The van der Waals surface area contributed by atoms with E-state index in [1.165, 1.54) is 5.56 Å². The Morgan fingerprint density at radius 1 is 1.43 bits per heavy atom. The van der Waals surface area contributed by atoms with E-state index in [1.807, 2.05) is 25.1 Å². The Morgan fingerprint density at radius 2 is 2.21 bits per heavy atom. The van der Waals surface area contributed by atoms with Gasteiger partial charge in [0.05, 0.1) is 25.5 Å². The van der Waals surface area contributed by atoms with Crippen molar-refractivity contribution in [2.75, 3.05) is 13.7 Å². The van der Waals surface area contributed by atoms with Crippen molar-refractivity contribution in [1.82, 2.24) is 5.32 Å². The molecule has 0 fully saturated rings. The Balaban J connectivity index is 2.24. The molecule has 0 radical (unpaired) electrons. The fraction of sp³-hybridized carbons (Fsp3) is 0.364. The predicted octanol–water partition coefficient (Wildman–Crippen LogP) is 1.76. The minimum absolute atomic E-state index is 0.270. The number of rotatable bonds is 2. The third kappa shape index (κ3) is 1.58. The number of aliphatic imine (C=N–C) groups is 1. The van der Waals surface area contributed by atoms with Crippen molar-refractivity contribution in [3.63, 3.8) is 0 Å². The summed E-state index contributed by atoms with van der Waals surface area (Å²) >= 11 is 0. The highest BCUT2D eigenvalue weighted by molar-refractivity contribution is 5.81. The van der Waals surface area contributed by atoms with E-state index in [1.54, 1.807) is 7.11 Å². The first kappa shape index (κ1) is 9.06. The highest BCUT2D eigenvalue weighted by atomic mass is 16.5. The Kier molecular flexibility index (Phi) is 2.39. The average Bonchev–Trinajstić information content (AvgIpc) is 2.65. The van der Waals surface area contributed by atoms with Gasteiger partial charge < -0.3 is 10.1 Å². The van der Waals surface area contributed by atoms with Crippen molar-refractivity contribution in [3.8, 4) is 5.75 Å². The van der Waals surface area contributed by atoms with Crippen molar-refractivity contribution in [2.24, 2.45) is 4.99 Å². The standard InChI is InChI=1S/C11H14N2O/c1-8-12-7-10(13-8)9-5-3-4-6-11(9)14-2/h3-6,10H,7H2,1-2H3,(H,12,13). The van der Waals surface area contributed by atoms with Crippen LogP contribution in [-0.2, 0) is 0 Å². The van der Waals surface area contributed by atoms with Crippen LogP contribution in [0.5, 0.6) is 5.75 Å². The molecule has 0 amide bonds. The summed E-state index contributed by atoms with van der Waals surface area (Å²) < 4.78 is 5.30. The summed E-state index contributed by atoms with van der Waals surface area (Å²) in [5, 5.41) is 3.31. The Morgan fingerprint density at radius 3 is 2.86 bits per heavy atom. The van der Waals surface area contributed by atoms with Crippen molar-refractivity contribution in [2.45, 2.75) is 13.0 Å². The number of ether oxygens (including phenoxy) is 1. The number of benzene rings is 1. The monoisotopic (exact) mass is 190 g/mol. The van der Waals surface area contributed by atoms with Crippen LogP contribution in [0.3, 0.4) is 0 Å². The molecule has 1 unspecified atom stereocenters. The molecule has 1 N–H and O–H groups in total. The zero-order chi connectivity index (χ0) is 9.97. The molecule has 0 aliphatic carbocycles. The highest BCUT2D eigenvalue weighted by Gasteiger charge is 2.19. The van der Waals surface area contributed by atoms with Crippen LogP contribution in [0, 0.1) is 0 Å². The van der Waals surface area contributed by atoms with Crippen LogP contribution in [0.1, 0.15) is 18.5 Å². The maximum atomic E-state index is 5.30. The molecule has 3 heteroatoms. The third-order valence-electron chi connectivity index (χ3n) is 2.41. The van der Waals surface area contributed by atoms with Crippen LogP contribution >= 0.6 is 0 Å². The molecule has 1 atom stereocenters. The maximum Gasteiger partial charge on any atom is 0.124 e. The van der Waals surface area contributed by atoms with Gasteiger partial charge in [0.15, 0.2) is 0 Å². The van der Waals surface area contributed by atoms with E-state index >= 15 is 0 Å². The number of methoxy groups -OCH3 is 1. The van der Waals surface area contributed by atoms with Gasteiger partial charge in [0.1, 0.15) is 5.75 Å². The Hall–Kier alpha value is -1.51. The van der Waals surface area contributed by atoms with Gasteiger partial charge in [-0.2, -0.15) is 0 Å². The Labute approximate surface area is 83.8 Å². The quantitative estimate of drug-likeness (QED) is 0.771. The molecule has 1 aliphatic rings. The number of hydrogen-bond donors (Lipinski definition) is 1. The van der Waals surface area contributed by atoms with E-state index in [9.17, 15) is 0 Å². The fourth-order valence-corrected chi connectivity index (χ4v) is 1.70. The van der Waals surface area contributed by atoms with Crippen molar-refractivity contribution >= 4 is 5.84 Å². The lowest BCUT2D eigenvalue weighted by Crippen LogP contribution is -2.21. The van der Waals surface area contributed by atoms with Gasteiger partial charge in [-0.1, -0.05) is 18.2 Å². The minimum atomic E-state index is 0.270. The zero-order valence-corrected chi connectivity index (χ0v) is 8.45. The molecule has 74 valence electrons. The van der Waals surface area contributed by atoms with Crippen LogP contribution in [0.15, 0.2) is 29.3 Å². The highest BCUT2D eigenvalue weighted by Crippen LogP contribution is 2.26. The summed E-state index contributed by atoms with van der Waals surface area (Å²) in [6.07, 6.45) is 0. The predicted molar refractivity (Wildman–Crippen MR) is 56.8 cm³/mol. The number of para-hydroxylation sites is 1. The lowest BCUT2D eigenvalue weighted by Gasteiger charge is -2.14. The SMILES string of the molecule is COc1ccccc1C1CN=C(C)N1. The summed E-state index contributed by atoms with van der Waals surface area (Å²) in [6, 6.07) is 8.32. The second-order valence-corrected chi connectivity index (χ2v) is 3.36. The van der Waals surface area contributed by atoms with Gasteiger partial charge in [-0.3, -0.25) is 4.99 Å². The molecule has 14 heavy (non-hydrogen) atoms. The molecule has 1 aromatic rings. The van der Waals surface area contributed by atoms with Crippen molar-refractivity contribution < 1.29 is 4.74 Å². The van der Waals surface area contributed by atoms with Gasteiger partial charge in [-0.15, -0.1) is 0 Å². The molecule has 1 aromatic carbocycles. The van der Waals surface area contributed by atoms with Gasteiger partial charge in [-0.05, 0) is 13.0 Å². The van der Waals surface area contributed by atoms with Crippen LogP contribution in [0.4, 0.5) is 0 Å². The lowest BCUT2D eigenvalue weighted by atomic mass is 10.1. The molecule has 1 heterocycles. The van der Waals surface area contributed by atoms with E-state index in [2.05, 4.69) is 16.4 Å². The molecule has 0 bridgehead atoms. The summed E-state index contributed by atoms with van der Waals surface area (Å²) in [5.74, 6) is 1.93. The Bertz CT molecular complexity index is 360. The maximum absolute atomic E-state index is 5.30. The first-order chi connectivity index (χ1) is 6.81. The fourth-order valence-electron chi connectivity index (χ4n) is 1.70. The first-order valence-corrected chi connectivity index (χ1v) is 4.72. The molecule has 2 rings (SSSR count). The van der Waals surface area contributed by atoms with Crippen LogP contribution in [0.25, 0.3) is 0 Å². The molecule has 1 aliphatic heterocycles. The summed E-state index contributed by atoms with van der Waals surface area (Å²) in [7, 11) is 1.70. The van der Waals surface area contributed by atoms with Gasteiger partial charge in [0.2, 0.25) is 0 Å². The molecular formula is C11H14N2O. The average molecular weight is 190 g/mol. The van der Waals surface area contributed by atoms with E-state index < -0.39 is 0 Å².